The van der Waals surface area contributed by atoms with Gasteiger partial charge in [0.05, 0.1) is 26.0 Å². The lowest BCUT2D eigenvalue weighted by atomic mass is 10.3. The van der Waals surface area contributed by atoms with Crippen LogP contribution in [0.5, 0.6) is 5.75 Å². The van der Waals surface area contributed by atoms with Crippen molar-refractivity contribution in [2.24, 2.45) is 0 Å². The number of nitrogens with zero attached hydrogens (tertiary/aromatic N) is 2. The van der Waals surface area contributed by atoms with Gasteiger partial charge < -0.3 is 19.9 Å². The Labute approximate surface area is 124 Å². The normalized spacial score (nSPS) is 10.6. The number of hydrogen-bond donors (Lipinski definition) is 2. The third-order valence-corrected chi connectivity index (χ3v) is 2.90. The summed E-state index contributed by atoms with van der Waals surface area (Å²) in [6.07, 6.45) is 3.71. The standard InChI is InChI=1S/C15H21N3O3/c1-20-7-8-21-15-4-2-3-14(9-15)16-10-13-11-17-18(12-13)5-6-19/h2-4,9,11-12,16,19H,5-8,10H2,1H3. The fourth-order valence-corrected chi connectivity index (χ4v) is 1.87. The Morgan fingerprint density at radius 3 is 3.05 bits per heavy atom. The van der Waals surface area contributed by atoms with E-state index in [9.17, 15) is 0 Å². The molecule has 0 aliphatic carbocycles. The summed E-state index contributed by atoms with van der Waals surface area (Å²) in [5.41, 5.74) is 2.05. The monoisotopic (exact) mass is 291 g/mol. The van der Waals surface area contributed by atoms with Gasteiger partial charge in [0.25, 0.3) is 0 Å². The first kappa shape index (κ1) is 15.3. The van der Waals surface area contributed by atoms with Gasteiger partial charge in [0.1, 0.15) is 12.4 Å². The van der Waals surface area contributed by atoms with Gasteiger partial charge in [-0.1, -0.05) is 6.07 Å². The van der Waals surface area contributed by atoms with E-state index in [1.807, 2.05) is 30.5 Å². The average Bonchev–Trinajstić information content (AvgIpc) is 2.94. The third-order valence-electron chi connectivity index (χ3n) is 2.90. The summed E-state index contributed by atoms with van der Waals surface area (Å²) in [6, 6.07) is 7.80. The zero-order chi connectivity index (χ0) is 14.9. The van der Waals surface area contributed by atoms with E-state index >= 15 is 0 Å². The minimum atomic E-state index is 0.0927. The molecule has 0 fully saturated rings. The summed E-state index contributed by atoms with van der Waals surface area (Å²) in [4.78, 5) is 0. The van der Waals surface area contributed by atoms with Crippen molar-refractivity contribution >= 4 is 5.69 Å². The Balaban J connectivity index is 1.85. The maximum atomic E-state index is 8.86. The third kappa shape index (κ3) is 5.09. The average molecular weight is 291 g/mol. The van der Waals surface area contributed by atoms with Crippen LogP contribution in [0.3, 0.4) is 0 Å². The van der Waals surface area contributed by atoms with E-state index in [1.54, 1.807) is 18.0 Å². The molecule has 6 heteroatoms. The van der Waals surface area contributed by atoms with Gasteiger partial charge >= 0.3 is 0 Å². The van der Waals surface area contributed by atoms with E-state index in [4.69, 9.17) is 14.6 Å². The molecule has 0 bridgehead atoms. The zero-order valence-electron chi connectivity index (χ0n) is 12.2. The molecule has 0 amide bonds. The lowest BCUT2D eigenvalue weighted by Crippen LogP contribution is -2.05. The van der Waals surface area contributed by atoms with E-state index < -0.39 is 0 Å². The van der Waals surface area contributed by atoms with Gasteiger partial charge in [-0.15, -0.1) is 0 Å². The molecular weight excluding hydrogens is 270 g/mol. The molecule has 2 rings (SSSR count). The second-order valence-corrected chi connectivity index (χ2v) is 4.56. The summed E-state index contributed by atoms with van der Waals surface area (Å²) in [5, 5.41) is 16.3. The van der Waals surface area contributed by atoms with Gasteiger partial charge in [0, 0.05) is 37.2 Å². The number of aromatic nitrogens is 2. The van der Waals surface area contributed by atoms with Crippen LogP contribution in [-0.2, 0) is 17.8 Å². The summed E-state index contributed by atoms with van der Waals surface area (Å²) < 4.78 is 12.2. The first-order chi connectivity index (χ1) is 10.3. The predicted molar refractivity (Wildman–Crippen MR) is 80.5 cm³/mol. The molecule has 0 saturated heterocycles. The summed E-state index contributed by atoms with van der Waals surface area (Å²) in [7, 11) is 1.65. The van der Waals surface area contributed by atoms with Gasteiger partial charge in [0.2, 0.25) is 0 Å². The highest BCUT2D eigenvalue weighted by atomic mass is 16.5. The molecule has 0 aliphatic heterocycles. The molecule has 114 valence electrons. The molecule has 1 aromatic carbocycles. The van der Waals surface area contributed by atoms with Crippen LogP contribution in [0.25, 0.3) is 0 Å². The maximum Gasteiger partial charge on any atom is 0.121 e. The van der Waals surface area contributed by atoms with Crippen molar-refractivity contribution in [1.29, 1.82) is 0 Å². The van der Waals surface area contributed by atoms with Crippen molar-refractivity contribution in [2.75, 3.05) is 32.2 Å². The smallest absolute Gasteiger partial charge is 0.121 e. The number of anilines is 1. The number of aliphatic hydroxyl groups excluding tert-OH is 1. The van der Waals surface area contributed by atoms with Crippen molar-refractivity contribution in [2.45, 2.75) is 13.1 Å². The molecule has 0 spiro atoms. The highest BCUT2D eigenvalue weighted by Crippen LogP contribution is 2.18. The van der Waals surface area contributed by atoms with E-state index in [0.717, 1.165) is 17.0 Å². The van der Waals surface area contributed by atoms with Crippen molar-refractivity contribution < 1.29 is 14.6 Å². The van der Waals surface area contributed by atoms with Crippen LogP contribution in [0, 0.1) is 0 Å². The first-order valence-corrected chi connectivity index (χ1v) is 6.89. The molecule has 21 heavy (non-hydrogen) atoms. The van der Waals surface area contributed by atoms with Crippen molar-refractivity contribution in [3.8, 4) is 5.75 Å². The van der Waals surface area contributed by atoms with Crippen molar-refractivity contribution in [1.82, 2.24) is 9.78 Å². The van der Waals surface area contributed by atoms with Crippen molar-refractivity contribution in [3.63, 3.8) is 0 Å². The molecule has 0 unspecified atom stereocenters. The van der Waals surface area contributed by atoms with Gasteiger partial charge in [-0.05, 0) is 12.1 Å². The molecule has 0 saturated carbocycles. The maximum absolute atomic E-state index is 8.86. The molecule has 1 aromatic heterocycles. The summed E-state index contributed by atoms with van der Waals surface area (Å²) in [5.74, 6) is 0.813. The van der Waals surface area contributed by atoms with Crippen LogP contribution < -0.4 is 10.1 Å². The second kappa shape index (κ2) is 8.28. The van der Waals surface area contributed by atoms with Gasteiger partial charge in [0.15, 0.2) is 0 Å². The minimum absolute atomic E-state index is 0.0927. The lowest BCUT2D eigenvalue weighted by molar-refractivity contribution is 0.146. The van der Waals surface area contributed by atoms with E-state index in [2.05, 4.69) is 10.4 Å². The highest BCUT2D eigenvalue weighted by molar-refractivity contribution is 5.48. The van der Waals surface area contributed by atoms with Gasteiger partial charge in [-0.25, -0.2) is 0 Å². The largest absolute Gasteiger partial charge is 0.491 e. The number of benzene rings is 1. The molecule has 0 radical (unpaired) electrons. The number of hydrogen-bond acceptors (Lipinski definition) is 5. The molecule has 6 nitrogen and oxygen atoms in total. The van der Waals surface area contributed by atoms with E-state index in [0.29, 0.717) is 26.3 Å². The number of ether oxygens (including phenoxy) is 2. The quantitative estimate of drug-likeness (QED) is 0.686. The first-order valence-electron chi connectivity index (χ1n) is 6.89. The van der Waals surface area contributed by atoms with Gasteiger partial charge in [-0.2, -0.15) is 5.10 Å². The molecule has 2 aromatic rings. The van der Waals surface area contributed by atoms with Crippen LogP contribution in [0.2, 0.25) is 0 Å². The topological polar surface area (TPSA) is 68.5 Å². The molecule has 0 aliphatic rings. The Morgan fingerprint density at radius 1 is 1.33 bits per heavy atom. The number of methoxy groups -OCH3 is 1. The van der Waals surface area contributed by atoms with Crippen LogP contribution in [0.4, 0.5) is 5.69 Å². The minimum Gasteiger partial charge on any atom is -0.491 e. The van der Waals surface area contributed by atoms with Gasteiger partial charge in [-0.3, -0.25) is 4.68 Å². The summed E-state index contributed by atoms with van der Waals surface area (Å²) in [6.45, 7) is 2.39. The van der Waals surface area contributed by atoms with Crippen molar-refractivity contribution in [3.05, 3.63) is 42.2 Å². The van der Waals surface area contributed by atoms with Crippen LogP contribution >= 0.6 is 0 Å². The lowest BCUT2D eigenvalue weighted by Gasteiger charge is -2.09. The predicted octanol–water partition coefficient (Wildman–Crippen LogP) is 1.51. The van der Waals surface area contributed by atoms with Crippen LogP contribution in [0.15, 0.2) is 36.7 Å². The summed E-state index contributed by atoms with van der Waals surface area (Å²) >= 11 is 0. The molecular formula is C15H21N3O3. The second-order valence-electron chi connectivity index (χ2n) is 4.56. The van der Waals surface area contributed by atoms with Crippen LogP contribution in [-0.4, -0.2) is 41.8 Å². The highest BCUT2D eigenvalue weighted by Gasteiger charge is 2.00. The number of nitrogens with one attached hydrogen (secondary N) is 1. The number of aliphatic hydroxyl groups is 1. The Bertz CT molecular complexity index is 542. The number of rotatable bonds is 9. The molecule has 0 atom stereocenters. The fraction of sp³-hybridized carbons (Fsp3) is 0.400. The Kier molecular flexibility index (Phi) is 6.05. The molecule has 2 N–H and O–H groups in total. The fourth-order valence-electron chi connectivity index (χ4n) is 1.87. The van der Waals surface area contributed by atoms with Crippen LogP contribution in [0.1, 0.15) is 5.56 Å². The van der Waals surface area contributed by atoms with E-state index in [1.165, 1.54) is 0 Å². The van der Waals surface area contributed by atoms with E-state index in [-0.39, 0.29) is 6.61 Å². The Morgan fingerprint density at radius 2 is 2.24 bits per heavy atom. The molecule has 1 heterocycles. The Hall–Kier alpha value is -2.05. The zero-order valence-corrected chi connectivity index (χ0v) is 12.2. The SMILES string of the molecule is COCCOc1cccc(NCc2cnn(CCO)c2)c1.